The maximum absolute atomic E-state index is 5.77. The molecule has 1 aromatic heterocycles. The van der Waals surface area contributed by atoms with Crippen LogP contribution in [0.15, 0.2) is 18.2 Å². The molecular weight excluding hydrogens is 258 g/mol. The molecule has 2 rings (SSSR count). The largest absolute Gasteiger partial charge is 0.430 e. The minimum Gasteiger partial charge on any atom is -0.430 e. The van der Waals surface area contributed by atoms with E-state index < -0.39 is 0 Å². The van der Waals surface area contributed by atoms with Crippen molar-refractivity contribution in [2.24, 2.45) is 0 Å². The molecule has 5 heteroatoms. The summed E-state index contributed by atoms with van der Waals surface area (Å²) in [6, 6.07) is 6.11. The zero-order chi connectivity index (χ0) is 13.7. The van der Waals surface area contributed by atoms with Crippen molar-refractivity contribution < 1.29 is 4.74 Å². The van der Waals surface area contributed by atoms with E-state index in [9.17, 15) is 0 Å². The summed E-state index contributed by atoms with van der Waals surface area (Å²) in [6.07, 6.45) is 1.12. The summed E-state index contributed by atoms with van der Waals surface area (Å²) in [5, 5.41) is 13.0. The van der Waals surface area contributed by atoms with Crippen molar-refractivity contribution in [3.63, 3.8) is 0 Å². The maximum atomic E-state index is 5.77. The van der Waals surface area contributed by atoms with E-state index in [4.69, 9.17) is 4.74 Å². The number of aromatic nitrogens is 2. The van der Waals surface area contributed by atoms with Crippen LogP contribution in [0.1, 0.15) is 29.5 Å². The summed E-state index contributed by atoms with van der Waals surface area (Å²) in [4.78, 5) is 0. The van der Waals surface area contributed by atoms with Crippen molar-refractivity contribution in [1.82, 2.24) is 15.5 Å². The monoisotopic (exact) mass is 277 g/mol. The third kappa shape index (κ3) is 4.01. The molecule has 0 unspecified atom stereocenters. The fourth-order valence-corrected chi connectivity index (χ4v) is 2.40. The Balaban J connectivity index is 1.99. The van der Waals surface area contributed by atoms with Crippen LogP contribution < -0.4 is 10.1 Å². The lowest BCUT2D eigenvalue weighted by molar-refractivity contribution is 0.469. The molecule has 102 valence electrons. The SMILES string of the molecule is CCCNCc1nnc(Oc2ccc(C)cc2C)s1. The van der Waals surface area contributed by atoms with Crippen LogP contribution in [0.5, 0.6) is 10.9 Å². The molecule has 0 amide bonds. The van der Waals surface area contributed by atoms with E-state index in [2.05, 4.69) is 35.4 Å². The fourth-order valence-electron chi connectivity index (χ4n) is 1.73. The molecule has 0 saturated heterocycles. The Labute approximate surface area is 117 Å². The van der Waals surface area contributed by atoms with Gasteiger partial charge in [0.25, 0.3) is 5.19 Å². The number of aryl methyl sites for hydroxylation is 2. The molecule has 19 heavy (non-hydrogen) atoms. The van der Waals surface area contributed by atoms with Crippen molar-refractivity contribution in [2.45, 2.75) is 33.7 Å². The molecule has 0 fully saturated rings. The summed E-state index contributed by atoms with van der Waals surface area (Å²) >= 11 is 1.48. The molecule has 0 aliphatic heterocycles. The summed E-state index contributed by atoms with van der Waals surface area (Å²) in [5.74, 6) is 0.842. The average molecular weight is 277 g/mol. The second-order valence-electron chi connectivity index (χ2n) is 4.51. The first-order valence-corrected chi connectivity index (χ1v) is 7.29. The van der Waals surface area contributed by atoms with Gasteiger partial charge in [-0.2, -0.15) is 0 Å². The van der Waals surface area contributed by atoms with Gasteiger partial charge >= 0.3 is 0 Å². The Hall–Kier alpha value is -1.46. The first-order chi connectivity index (χ1) is 9.19. The highest BCUT2D eigenvalue weighted by atomic mass is 32.1. The van der Waals surface area contributed by atoms with Crippen LogP contribution in [0.3, 0.4) is 0 Å². The molecule has 0 bridgehead atoms. The van der Waals surface area contributed by atoms with Gasteiger partial charge in [0, 0.05) is 6.54 Å². The van der Waals surface area contributed by atoms with E-state index in [1.165, 1.54) is 16.9 Å². The van der Waals surface area contributed by atoms with Crippen LogP contribution in [0.2, 0.25) is 0 Å². The first-order valence-electron chi connectivity index (χ1n) is 6.47. The van der Waals surface area contributed by atoms with E-state index >= 15 is 0 Å². The van der Waals surface area contributed by atoms with Crippen molar-refractivity contribution in [3.8, 4) is 10.9 Å². The van der Waals surface area contributed by atoms with Gasteiger partial charge in [-0.1, -0.05) is 41.1 Å². The topological polar surface area (TPSA) is 47.0 Å². The fraction of sp³-hybridized carbons (Fsp3) is 0.429. The summed E-state index contributed by atoms with van der Waals surface area (Å²) in [5.41, 5.74) is 2.34. The number of hydrogen-bond acceptors (Lipinski definition) is 5. The lowest BCUT2D eigenvalue weighted by Crippen LogP contribution is -2.13. The van der Waals surface area contributed by atoms with Gasteiger partial charge in [-0.25, -0.2) is 0 Å². The quantitative estimate of drug-likeness (QED) is 0.822. The van der Waals surface area contributed by atoms with Gasteiger partial charge in [-0.3, -0.25) is 0 Å². The molecule has 2 aromatic rings. The maximum Gasteiger partial charge on any atom is 0.299 e. The van der Waals surface area contributed by atoms with E-state index in [1.807, 2.05) is 19.1 Å². The number of nitrogens with zero attached hydrogens (tertiary/aromatic N) is 2. The van der Waals surface area contributed by atoms with Gasteiger partial charge in [-0.15, -0.1) is 5.10 Å². The molecule has 0 aliphatic rings. The van der Waals surface area contributed by atoms with E-state index in [-0.39, 0.29) is 0 Å². The first kappa shape index (κ1) is 14.0. The highest BCUT2D eigenvalue weighted by Crippen LogP contribution is 2.27. The zero-order valence-electron chi connectivity index (χ0n) is 11.6. The zero-order valence-corrected chi connectivity index (χ0v) is 12.4. The molecule has 0 radical (unpaired) electrons. The molecule has 0 spiro atoms. The second kappa shape index (κ2) is 6.63. The van der Waals surface area contributed by atoms with Gasteiger partial charge in [-0.05, 0) is 38.4 Å². The Morgan fingerprint density at radius 1 is 1.26 bits per heavy atom. The molecule has 1 N–H and O–H groups in total. The lowest BCUT2D eigenvalue weighted by atomic mass is 10.1. The van der Waals surface area contributed by atoms with Crippen LogP contribution in [-0.4, -0.2) is 16.7 Å². The molecule has 1 heterocycles. The van der Waals surface area contributed by atoms with Crippen molar-refractivity contribution in [3.05, 3.63) is 34.3 Å². The lowest BCUT2D eigenvalue weighted by Gasteiger charge is -2.05. The van der Waals surface area contributed by atoms with Crippen molar-refractivity contribution in [2.75, 3.05) is 6.54 Å². The van der Waals surface area contributed by atoms with Crippen molar-refractivity contribution >= 4 is 11.3 Å². The molecular formula is C14H19N3OS. The van der Waals surface area contributed by atoms with E-state index in [0.717, 1.165) is 35.8 Å². The van der Waals surface area contributed by atoms with Crippen LogP contribution in [0, 0.1) is 13.8 Å². The van der Waals surface area contributed by atoms with E-state index in [0.29, 0.717) is 5.19 Å². The molecule has 1 aromatic carbocycles. The summed E-state index contributed by atoms with van der Waals surface area (Å²) in [7, 11) is 0. The molecule has 4 nitrogen and oxygen atoms in total. The number of nitrogens with one attached hydrogen (secondary N) is 1. The normalized spacial score (nSPS) is 10.7. The van der Waals surface area contributed by atoms with Crippen LogP contribution in [0.4, 0.5) is 0 Å². The smallest absolute Gasteiger partial charge is 0.299 e. The Morgan fingerprint density at radius 3 is 2.84 bits per heavy atom. The van der Waals surface area contributed by atoms with Crippen LogP contribution in [-0.2, 0) is 6.54 Å². The summed E-state index contributed by atoms with van der Waals surface area (Å²) in [6.45, 7) is 7.99. The Morgan fingerprint density at radius 2 is 2.11 bits per heavy atom. The number of benzene rings is 1. The average Bonchev–Trinajstić information content (AvgIpc) is 2.81. The number of ether oxygens (including phenoxy) is 1. The second-order valence-corrected chi connectivity index (χ2v) is 5.53. The van der Waals surface area contributed by atoms with Gasteiger partial charge in [0.05, 0.1) is 0 Å². The van der Waals surface area contributed by atoms with Crippen LogP contribution in [0.25, 0.3) is 0 Å². The predicted octanol–water partition coefficient (Wildman–Crippen LogP) is 3.45. The minimum atomic E-state index is 0.597. The predicted molar refractivity (Wildman–Crippen MR) is 77.9 cm³/mol. The van der Waals surface area contributed by atoms with Gasteiger partial charge in [0.15, 0.2) is 0 Å². The standard InChI is InChI=1S/C14H19N3OS/c1-4-7-15-9-13-16-17-14(19-13)18-12-6-5-10(2)8-11(12)3/h5-6,8,15H,4,7,9H2,1-3H3. The highest BCUT2D eigenvalue weighted by Gasteiger charge is 2.07. The highest BCUT2D eigenvalue weighted by molar-refractivity contribution is 7.13. The third-order valence-corrected chi connectivity index (χ3v) is 3.48. The summed E-state index contributed by atoms with van der Waals surface area (Å²) < 4.78 is 5.77. The Kier molecular flexibility index (Phi) is 4.87. The molecule has 0 atom stereocenters. The molecule has 0 saturated carbocycles. The van der Waals surface area contributed by atoms with Gasteiger partial charge in [0.1, 0.15) is 10.8 Å². The van der Waals surface area contributed by atoms with Gasteiger partial charge < -0.3 is 10.1 Å². The van der Waals surface area contributed by atoms with E-state index in [1.54, 1.807) is 0 Å². The molecule has 0 aliphatic carbocycles. The Bertz CT molecular complexity index is 539. The number of hydrogen-bond donors (Lipinski definition) is 1. The minimum absolute atomic E-state index is 0.597. The number of rotatable bonds is 6. The van der Waals surface area contributed by atoms with Gasteiger partial charge in [0.2, 0.25) is 0 Å². The third-order valence-electron chi connectivity index (χ3n) is 2.68. The van der Waals surface area contributed by atoms with Crippen molar-refractivity contribution in [1.29, 1.82) is 0 Å². The van der Waals surface area contributed by atoms with Crippen LogP contribution >= 0.6 is 11.3 Å².